The van der Waals surface area contributed by atoms with Crippen molar-refractivity contribution in [2.24, 2.45) is 0 Å². The Hall–Kier alpha value is -1.15. The molecule has 0 amide bonds. The first-order valence-corrected chi connectivity index (χ1v) is 5.88. The second-order valence-corrected chi connectivity index (χ2v) is 4.58. The fraction of sp³-hybridized carbons (Fsp3) is 0.429. The van der Waals surface area contributed by atoms with Crippen molar-refractivity contribution in [3.8, 4) is 0 Å². The van der Waals surface area contributed by atoms with Crippen molar-refractivity contribution in [2.75, 3.05) is 13.1 Å². The van der Waals surface area contributed by atoms with Gasteiger partial charge in [0.2, 0.25) is 0 Å². The highest BCUT2D eigenvalue weighted by molar-refractivity contribution is 5.67. The summed E-state index contributed by atoms with van der Waals surface area (Å²) in [5.74, 6) is 0.296. The average molecular weight is 219 g/mol. The van der Waals surface area contributed by atoms with E-state index in [2.05, 4.69) is 25.2 Å². The van der Waals surface area contributed by atoms with Gasteiger partial charge in [-0.1, -0.05) is 32.1 Å². The summed E-state index contributed by atoms with van der Waals surface area (Å²) in [5, 5.41) is 3.23. The van der Waals surface area contributed by atoms with Crippen LogP contribution in [0.5, 0.6) is 0 Å². The van der Waals surface area contributed by atoms with E-state index in [-0.39, 0.29) is 5.82 Å². The number of benzene rings is 1. The van der Waals surface area contributed by atoms with Crippen molar-refractivity contribution >= 4 is 5.57 Å². The third-order valence-electron chi connectivity index (χ3n) is 3.07. The van der Waals surface area contributed by atoms with E-state index in [0.717, 1.165) is 36.2 Å². The lowest BCUT2D eigenvalue weighted by Crippen LogP contribution is -2.20. The lowest BCUT2D eigenvalue weighted by atomic mass is 9.95. The molecule has 16 heavy (non-hydrogen) atoms. The van der Waals surface area contributed by atoms with Crippen LogP contribution in [0.15, 0.2) is 24.3 Å². The van der Waals surface area contributed by atoms with Gasteiger partial charge < -0.3 is 5.32 Å². The van der Waals surface area contributed by atoms with Crippen molar-refractivity contribution in [2.45, 2.75) is 26.2 Å². The molecule has 1 aromatic carbocycles. The Morgan fingerprint density at radius 1 is 1.31 bits per heavy atom. The van der Waals surface area contributed by atoms with Crippen LogP contribution in [0, 0.1) is 5.82 Å². The maximum atomic E-state index is 13.9. The molecule has 2 rings (SSSR count). The molecule has 0 saturated heterocycles. The summed E-state index contributed by atoms with van der Waals surface area (Å²) in [6, 6.07) is 5.62. The summed E-state index contributed by atoms with van der Waals surface area (Å²) in [5.41, 5.74) is 2.97. The maximum Gasteiger partial charge on any atom is 0.130 e. The molecule has 1 aromatic rings. The Kier molecular flexibility index (Phi) is 3.39. The van der Waals surface area contributed by atoms with Crippen molar-refractivity contribution in [3.05, 3.63) is 41.2 Å². The molecule has 0 radical (unpaired) electrons. The van der Waals surface area contributed by atoms with Crippen molar-refractivity contribution in [3.63, 3.8) is 0 Å². The zero-order chi connectivity index (χ0) is 11.5. The third-order valence-corrected chi connectivity index (χ3v) is 3.07. The summed E-state index contributed by atoms with van der Waals surface area (Å²) in [6.45, 7) is 5.95. The van der Waals surface area contributed by atoms with E-state index in [1.54, 1.807) is 6.07 Å². The molecule has 0 saturated carbocycles. The predicted octanol–water partition coefficient (Wildman–Crippen LogP) is 3.33. The summed E-state index contributed by atoms with van der Waals surface area (Å²) in [7, 11) is 0. The quantitative estimate of drug-likeness (QED) is 0.804. The molecule has 2 heteroatoms. The lowest BCUT2D eigenvalue weighted by Gasteiger charge is -2.16. The second-order valence-electron chi connectivity index (χ2n) is 4.58. The average Bonchev–Trinajstić information content (AvgIpc) is 2.30. The monoisotopic (exact) mass is 219 g/mol. The first-order chi connectivity index (χ1) is 7.68. The Morgan fingerprint density at radius 3 is 2.69 bits per heavy atom. The zero-order valence-electron chi connectivity index (χ0n) is 9.89. The Bertz CT molecular complexity index is 407. The van der Waals surface area contributed by atoms with Gasteiger partial charge in [-0.2, -0.15) is 0 Å². The largest absolute Gasteiger partial charge is 0.313 e. The molecule has 86 valence electrons. The van der Waals surface area contributed by atoms with Gasteiger partial charge in [0.25, 0.3) is 0 Å². The molecule has 0 unspecified atom stereocenters. The number of hydrogen-bond donors (Lipinski definition) is 1. The van der Waals surface area contributed by atoms with Crippen LogP contribution in [0.3, 0.4) is 0 Å². The topological polar surface area (TPSA) is 12.0 Å². The van der Waals surface area contributed by atoms with Gasteiger partial charge in [-0.05, 0) is 36.1 Å². The highest BCUT2D eigenvalue weighted by Crippen LogP contribution is 2.25. The van der Waals surface area contributed by atoms with Gasteiger partial charge in [-0.15, -0.1) is 0 Å². The standard InChI is InChI=1S/C14H18FN/c1-10(2)12-3-4-13(14(15)9-12)11-5-7-16-8-6-11/h3-5,9-10,16H,6-8H2,1-2H3. The minimum absolute atomic E-state index is 0.0839. The van der Waals surface area contributed by atoms with Gasteiger partial charge in [0, 0.05) is 12.1 Å². The Balaban J connectivity index is 2.32. The summed E-state index contributed by atoms with van der Waals surface area (Å²) >= 11 is 0. The van der Waals surface area contributed by atoms with Crippen molar-refractivity contribution in [1.82, 2.24) is 5.32 Å². The molecule has 0 atom stereocenters. The fourth-order valence-electron chi connectivity index (χ4n) is 2.02. The van der Waals surface area contributed by atoms with E-state index in [0.29, 0.717) is 5.92 Å². The summed E-state index contributed by atoms with van der Waals surface area (Å²) < 4.78 is 13.9. The minimum atomic E-state index is -0.0839. The highest BCUT2D eigenvalue weighted by atomic mass is 19.1. The van der Waals surface area contributed by atoms with Crippen LogP contribution in [-0.4, -0.2) is 13.1 Å². The maximum absolute atomic E-state index is 13.9. The van der Waals surface area contributed by atoms with Crippen molar-refractivity contribution in [1.29, 1.82) is 0 Å². The molecule has 1 heterocycles. The predicted molar refractivity (Wildman–Crippen MR) is 66.0 cm³/mol. The molecule has 1 N–H and O–H groups in total. The van der Waals surface area contributed by atoms with Crippen LogP contribution in [0.2, 0.25) is 0 Å². The molecular formula is C14H18FN. The van der Waals surface area contributed by atoms with Gasteiger partial charge in [-0.3, -0.25) is 0 Å². The van der Waals surface area contributed by atoms with Crippen LogP contribution < -0.4 is 5.32 Å². The van der Waals surface area contributed by atoms with E-state index < -0.39 is 0 Å². The van der Waals surface area contributed by atoms with Crippen LogP contribution in [0.4, 0.5) is 4.39 Å². The lowest BCUT2D eigenvalue weighted by molar-refractivity contribution is 0.616. The van der Waals surface area contributed by atoms with Crippen LogP contribution in [0.1, 0.15) is 37.3 Å². The minimum Gasteiger partial charge on any atom is -0.313 e. The first-order valence-electron chi connectivity index (χ1n) is 5.88. The number of rotatable bonds is 2. The smallest absolute Gasteiger partial charge is 0.130 e. The molecule has 1 aliphatic heterocycles. The van der Waals surface area contributed by atoms with E-state index in [9.17, 15) is 4.39 Å². The fourth-order valence-corrected chi connectivity index (χ4v) is 2.02. The molecule has 0 fully saturated rings. The normalized spacial score (nSPS) is 16.4. The molecule has 0 spiro atoms. The third kappa shape index (κ3) is 2.33. The van der Waals surface area contributed by atoms with Gasteiger partial charge in [0.05, 0.1) is 0 Å². The van der Waals surface area contributed by atoms with E-state index >= 15 is 0 Å². The number of hydrogen-bond acceptors (Lipinski definition) is 1. The molecule has 0 aromatic heterocycles. The van der Waals surface area contributed by atoms with Crippen LogP contribution >= 0.6 is 0 Å². The number of nitrogens with one attached hydrogen (secondary N) is 1. The molecular weight excluding hydrogens is 201 g/mol. The summed E-state index contributed by atoms with van der Waals surface area (Å²) in [4.78, 5) is 0. The molecule has 1 nitrogen and oxygen atoms in total. The Morgan fingerprint density at radius 2 is 2.12 bits per heavy atom. The van der Waals surface area contributed by atoms with Gasteiger partial charge in [0.1, 0.15) is 5.82 Å². The molecule has 0 bridgehead atoms. The Labute approximate surface area is 96.4 Å². The molecule has 0 aliphatic carbocycles. The number of halogens is 1. The van der Waals surface area contributed by atoms with E-state index in [4.69, 9.17) is 0 Å². The van der Waals surface area contributed by atoms with Crippen LogP contribution in [-0.2, 0) is 0 Å². The van der Waals surface area contributed by atoms with E-state index in [1.807, 2.05) is 12.1 Å². The van der Waals surface area contributed by atoms with Gasteiger partial charge in [-0.25, -0.2) is 4.39 Å². The van der Waals surface area contributed by atoms with Crippen LogP contribution in [0.25, 0.3) is 5.57 Å². The highest BCUT2D eigenvalue weighted by Gasteiger charge is 2.11. The van der Waals surface area contributed by atoms with Gasteiger partial charge in [0.15, 0.2) is 0 Å². The zero-order valence-corrected chi connectivity index (χ0v) is 9.89. The van der Waals surface area contributed by atoms with Gasteiger partial charge >= 0.3 is 0 Å². The second kappa shape index (κ2) is 4.79. The van der Waals surface area contributed by atoms with E-state index in [1.165, 1.54) is 0 Å². The van der Waals surface area contributed by atoms with Crippen molar-refractivity contribution < 1.29 is 4.39 Å². The first kappa shape index (κ1) is 11.3. The SMILES string of the molecule is CC(C)c1ccc(C2=CCNCC2)c(F)c1. The molecule has 1 aliphatic rings. The summed E-state index contributed by atoms with van der Waals surface area (Å²) in [6.07, 6.45) is 2.99.